The Kier molecular flexibility index (Phi) is 4.44. The third kappa shape index (κ3) is 3.32. The summed E-state index contributed by atoms with van der Waals surface area (Å²) >= 11 is 5.68. The minimum Gasteiger partial charge on any atom is -0.344 e. The number of nitrogens with zero attached hydrogens (tertiary/aromatic N) is 3. The third-order valence-corrected chi connectivity index (χ3v) is 3.06. The summed E-state index contributed by atoms with van der Waals surface area (Å²) in [6.07, 6.45) is 2.85. The largest absolute Gasteiger partial charge is 0.344 e. The van der Waals surface area contributed by atoms with Crippen LogP contribution in [0.5, 0.6) is 0 Å². The quantitative estimate of drug-likeness (QED) is 0.531. The summed E-state index contributed by atoms with van der Waals surface area (Å²) in [6.45, 7) is 1.73. The molecule has 8 heteroatoms. The molecule has 7 nitrogen and oxygen atoms in total. The van der Waals surface area contributed by atoms with Gasteiger partial charge in [0.2, 0.25) is 5.15 Å². The Morgan fingerprint density at radius 3 is 2.71 bits per heavy atom. The van der Waals surface area contributed by atoms with E-state index in [-0.39, 0.29) is 10.7 Å². The van der Waals surface area contributed by atoms with Crippen molar-refractivity contribution in [2.24, 2.45) is 0 Å². The average molecular weight is 307 g/mol. The van der Waals surface area contributed by atoms with Gasteiger partial charge in [0.25, 0.3) is 5.91 Å². The maximum absolute atomic E-state index is 12.2. The van der Waals surface area contributed by atoms with Crippen LogP contribution in [0.4, 0.5) is 5.69 Å². The van der Waals surface area contributed by atoms with E-state index < -0.39 is 22.6 Å². The zero-order chi connectivity index (χ0) is 15.4. The Labute approximate surface area is 125 Å². The van der Waals surface area contributed by atoms with Crippen LogP contribution in [0.2, 0.25) is 5.15 Å². The molecule has 2 aromatic rings. The summed E-state index contributed by atoms with van der Waals surface area (Å²) in [6, 6.07) is 6.15. The molecule has 0 bridgehead atoms. The molecule has 1 amide bonds. The number of amides is 1. The number of rotatable bonds is 4. The minimum absolute atomic E-state index is 0.136. The molecule has 108 valence electrons. The number of carbonyl (C=O) groups is 1. The van der Waals surface area contributed by atoms with E-state index in [2.05, 4.69) is 15.3 Å². The first kappa shape index (κ1) is 14.9. The van der Waals surface area contributed by atoms with E-state index in [9.17, 15) is 14.9 Å². The van der Waals surface area contributed by atoms with Crippen molar-refractivity contribution < 1.29 is 9.72 Å². The monoisotopic (exact) mass is 306 g/mol. The summed E-state index contributed by atoms with van der Waals surface area (Å²) in [5, 5.41) is 13.3. The predicted octanol–water partition coefficient (Wildman–Crippen LogP) is 2.53. The Bertz CT molecular complexity index is 678. The standard InChI is InChI=1S/C13H11ClN4O3/c1-8(10-4-2-3-6-15-10)17-13(19)9-5-7-16-12(14)11(9)18(20)21/h2-8H,1H3,(H,17,19). The maximum Gasteiger partial charge on any atom is 0.319 e. The normalized spacial score (nSPS) is 11.7. The molecule has 0 fully saturated rings. The molecule has 1 unspecified atom stereocenters. The van der Waals surface area contributed by atoms with Crippen LogP contribution in [0.15, 0.2) is 36.7 Å². The molecule has 0 aliphatic carbocycles. The number of nitro groups is 1. The molecule has 0 saturated carbocycles. The summed E-state index contributed by atoms with van der Waals surface area (Å²) < 4.78 is 0. The summed E-state index contributed by atoms with van der Waals surface area (Å²) in [4.78, 5) is 30.2. The van der Waals surface area contributed by atoms with Crippen LogP contribution in [0.25, 0.3) is 0 Å². The Morgan fingerprint density at radius 1 is 1.33 bits per heavy atom. The van der Waals surface area contributed by atoms with Gasteiger partial charge in [-0.2, -0.15) is 0 Å². The van der Waals surface area contributed by atoms with Crippen LogP contribution in [-0.4, -0.2) is 20.8 Å². The van der Waals surface area contributed by atoms with Crippen molar-refractivity contribution in [1.29, 1.82) is 0 Å². The van der Waals surface area contributed by atoms with Gasteiger partial charge >= 0.3 is 5.69 Å². The van der Waals surface area contributed by atoms with Crippen molar-refractivity contribution in [1.82, 2.24) is 15.3 Å². The molecule has 1 N–H and O–H groups in total. The first-order chi connectivity index (χ1) is 10.0. The molecule has 0 spiro atoms. The van der Waals surface area contributed by atoms with E-state index in [1.54, 1.807) is 31.3 Å². The van der Waals surface area contributed by atoms with Crippen molar-refractivity contribution in [2.45, 2.75) is 13.0 Å². The van der Waals surface area contributed by atoms with Crippen LogP contribution in [0, 0.1) is 10.1 Å². The SMILES string of the molecule is CC(NC(=O)c1ccnc(Cl)c1[N+](=O)[O-])c1ccccn1. The molecule has 0 aliphatic heterocycles. The number of pyridine rings is 2. The molecule has 21 heavy (non-hydrogen) atoms. The number of aromatic nitrogens is 2. The Morgan fingerprint density at radius 2 is 2.10 bits per heavy atom. The molecule has 2 rings (SSSR count). The molecule has 0 aliphatic rings. The number of nitrogens with one attached hydrogen (secondary N) is 1. The third-order valence-electron chi connectivity index (χ3n) is 2.79. The van der Waals surface area contributed by atoms with E-state index in [0.29, 0.717) is 5.69 Å². The summed E-state index contributed by atoms with van der Waals surface area (Å²) in [7, 11) is 0. The van der Waals surface area contributed by atoms with Gasteiger partial charge in [0.15, 0.2) is 0 Å². The first-order valence-electron chi connectivity index (χ1n) is 6.01. The molecule has 2 aromatic heterocycles. The van der Waals surface area contributed by atoms with Crippen molar-refractivity contribution in [3.8, 4) is 0 Å². The number of carbonyl (C=O) groups excluding carboxylic acids is 1. The van der Waals surface area contributed by atoms with E-state index in [1.165, 1.54) is 12.3 Å². The topological polar surface area (TPSA) is 98.0 Å². The van der Waals surface area contributed by atoms with E-state index >= 15 is 0 Å². The van der Waals surface area contributed by atoms with Crippen LogP contribution in [-0.2, 0) is 0 Å². The fourth-order valence-corrected chi connectivity index (χ4v) is 1.99. The van der Waals surface area contributed by atoms with Gasteiger partial charge in [0.1, 0.15) is 5.56 Å². The van der Waals surface area contributed by atoms with Gasteiger partial charge in [-0.15, -0.1) is 0 Å². The molecule has 2 heterocycles. The molecule has 1 atom stereocenters. The molecular formula is C13H11ClN4O3. The lowest BCUT2D eigenvalue weighted by Crippen LogP contribution is -2.28. The van der Waals surface area contributed by atoms with Crippen LogP contribution in [0.1, 0.15) is 29.0 Å². The Hall–Kier alpha value is -2.54. The van der Waals surface area contributed by atoms with E-state index in [0.717, 1.165) is 0 Å². The first-order valence-corrected chi connectivity index (χ1v) is 6.39. The van der Waals surface area contributed by atoms with Gasteiger partial charge in [0.05, 0.1) is 16.7 Å². The van der Waals surface area contributed by atoms with Gasteiger partial charge in [-0.3, -0.25) is 19.9 Å². The number of hydrogen-bond acceptors (Lipinski definition) is 5. The molecule has 0 radical (unpaired) electrons. The van der Waals surface area contributed by atoms with Crippen molar-refractivity contribution in [3.63, 3.8) is 0 Å². The van der Waals surface area contributed by atoms with Gasteiger partial charge < -0.3 is 5.32 Å². The highest BCUT2D eigenvalue weighted by atomic mass is 35.5. The lowest BCUT2D eigenvalue weighted by atomic mass is 10.1. The average Bonchev–Trinajstić information content (AvgIpc) is 2.47. The smallest absolute Gasteiger partial charge is 0.319 e. The van der Waals surface area contributed by atoms with Crippen LogP contribution < -0.4 is 5.32 Å². The highest BCUT2D eigenvalue weighted by molar-refractivity contribution is 6.32. The highest BCUT2D eigenvalue weighted by Crippen LogP contribution is 2.26. The van der Waals surface area contributed by atoms with Crippen LogP contribution in [0.3, 0.4) is 0 Å². The maximum atomic E-state index is 12.2. The van der Waals surface area contributed by atoms with Crippen LogP contribution >= 0.6 is 11.6 Å². The highest BCUT2D eigenvalue weighted by Gasteiger charge is 2.25. The van der Waals surface area contributed by atoms with E-state index in [4.69, 9.17) is 11.6 Å². The van der Waals surface area contributed by atoms with Gasteiger partial charge in [-0.25, -0.2) is 4.98 Å². The number of halogens is 1. The van der Waals surface area contributed by atoms with E-state index in [1.807, 2.05) is 0 Å². The fraction of sp³-hybridized carbons (Fsp3) is 0.154. The van der Waals surface area contributed by atoms with Gasteiger partial charge in [-0.05, 0) is 25.1 Å². The van der Waals surface area contributed by atoms with Crippen molar-refractivity contribution in [3.05, 3.63) is 63.2 Å². The van der Waals surface area contributed by atoms with Crippen molar-refractivity contribution >= 4 is 23.2 Å². The second-order valence-corrected chi connectivity index (χ2v) is 4.56. The second-order valence-electron chi connectivity index (χ2n) is 4.20. The number of hydrogen-bond donors (Lipinski definition) is 1. The zero-order valence-electron chi connectivity index (χ0n) is 11.0. The fourth-order valence-electron chi connectivity index (χ4n) is 1.77. The predicted molar refractivity (Wildman–Crippen MR) is 76.0 cm³/mol. The molecule has 0 saturated heterocycles. The summed E-state index contributed by atoms with van der Waals surface area (Å²) in [5.41, 5.74) is 0.00123. The Balaban J connectivity index is 2.26. The lowest BCUT2D eigenvalue weighted by Gasteiger charge is -2.13. The summed E-state index contributed by atoms with van der Waals surface area (Å²) in [5.74, 6) is -0.607. The van der Waals surface area contributed by atoms with Gasteiger partial charge in [0, 0.05) is 12.4 Å². The minimum atomic E-state index is -0.727. The second kappa shape index (κ2) is 6.27. The lowest BCUT2D eigenvalue weighted by molar-refractivity contribution is -0.385. The van der Waals surface area contributed by atoms with Crippen molar-refractivity contribution in [2.75, 3.05) is 0 Å². The molecule has 0 aromatic carbocycles. The molecular weight excluding hydrogens is 296 g/mol. The van der Waals surface area contributed by atoms with Gasteiger partial charge in [-0.1, -0.05) is 17.7 Å². The zero-order valence-corrected chi connectivity index (χ0v) is 11.7.